The van der Waals surface area contributed by atoms with Crippen LogP contribution in [0.25, 0.3) is 0 Å². The number of methoxy groups -OCH3 is 1. The van der Waals surface area contributed by atoms with Gasteiger partial charge in [-0.05, 0) is 24.8 Å². The summed E-state index contributed by atoms with van der Waals surface area (Å²) in [6.45, 7) is 2.60. The van der Waals surface area contributed by atoms with Gasteiger partial charge in [0.2, 0.25) is 0 Å². The van der Waals surface area contributed by atoms with Gasteiger partial charge in [-0.2, -0.15) is 0 Å². The molecular formula is C18H21N3O2S. The van der Waals surface area contributed by atoms with E-state index in [0.29, 0.717) is 23.0 Å². The number of hydrogen-bond donors (Lipinski definition) is 2. The molecule has 3 aliphatic rings. The van der Waals surface area contributed by atoms with Crippen LogP contribution in [-0.4, -0.2) is 26.1 Å². The summed E-state index contributed by atoms with van der Waals surface area (Å²) in [5, 5.41) is 4.86. The number of piperidine rings is 1. The number of para-hydroxylation sites is 1. The zero-order valence-corrected chi connectivity index (χ0v) is 14.5. The Kier molecular flexibility index (Phi) is 3.84. The summed E-state index contributed by atoms with van der Waals surface area (Å²) in [7, 11) is 1.64. The average molecular weight is 343 g/mol. The number of nitrogen functional groups attached to an aromatic ring is 1. The van der Waals surface area contributed by atoms with Crippen molar-refractivity contribution in [3.63, 3.8) is 0 Å². The van der Waals surface area contributed by atoms with Gasteiger partial charge < -0.3 is 20.7 Å². The molecule has 3 N–H and O–H groups in total. The van der Waals surface area contributed by atoms with Gasteiger partial charge in [-0.15, -0.1) is 11.3 Å². The Morgan fingerprint density at radius 2 is 2.12 bits per heavy atom. The first-order chi connectivity index (χ1) is 11.7. The van der Waals surface area contributed by atoms with Crippen LogP contribution in [0.2, 0.25) is 0 Å². The molecule has 2 aromatic rings. The van der Waals surface area contributed by atoms with E-state index in [1.54, 1.807) is 18.4 Å². The van der Waals surface area contributed by atoms with Gasteiger partial charge in [-0.25, -0.2) is 0 Å². The van der Waals surface area contributed by atoms with E-state index in [9.17, 15) is 4.79 Å². The lowest BCUT2D eigenvalue weighted by Crippen LogP contribution is -2.38. The first-order valence-corrected chi connectivity index (χ1v) is 9.08. The number of thiophene rings is 1. The molecule has 1 amide bonds. The van der Waals surface area contributed by atoms with Crippen molar-refractivity contribution in [1.29, 1.82) is 0 Å². The number of anilines is 2. The van der Waals surface area contributed by atoms with Crippen molar-refractivity contribution in [1.82, 2.24) is 5.32 Å². The molecule has 5 nitrogen and oxygen atoms in total. The summed E-state index contributed by atoms with van der Waals surface area (Å²) in [5.74, 6) is 1.18. The molecule has 0 spiro atoms. The molecule has 0 saturated carbocycles. The Labute approximate surface area is 145 Å². The highest BCUT2D eigenvalue weighted by Crippen LogP contribution is 2.50. The molecule has 4 heterocycles. The van der Waals surface area contributed by atoms with Crippen molar-refractivity contribution < 1.29 is 9.53 Å². The normalized spacial score (nSPS) is 16.1. The van der Waals surface area contributed by atoms with E-state index in [4.69, 9.17) is 10.5 Å². The largest absolute Gasteiger partial charge is 0.496 e. The van der Waals surface area contributed by atoms with Crippen molar-refractivity contribution in [2.45, 2.75) is 25.3 Å². The Hall–Kier alpha value is -2.21. The van der Waals surface area contributed by atoms with Gasteiger partial charge in [0.15, 0.2) is 0 Å². The van der Waals surface area contributed by atoms with Crippen molar-refractivity contribution >= 4 is 27.2 Å². The van der Waals surface area contributed by atoms with Crippen LogP contribution in [0, 0.1) is 0 Å². The maximum Gasteiger partial charge on any atom is 0.254 e. The fraction of sp³-hybridized carbons (Fsp3) is 0.389. The number of amides is 1. The number of nitrogens with zero attached hydrogens (tertiary/aromatic N) is 1. The molecule has 0 unspecified atom stereocenters. The molecule has 24 heavy (non-hydrogen) atoms. The molecule has 1 aromatic carbocycles. The Morgan fingerprint density at radius 1 is 1.38 bits per heavy atom. The summed E-state index contributed by atoms with van der Waals surface area (Å²) in [5.41, 5.74) is 9.03. The number of carbonyl (C=O) groups excluding carboxylic acids is 1. The summed E-state index contributed by atoms with van der Waals surface area (Å²) in [4.78, 5) is 15.2. The Morgan fingerprint density at radius 3 is 2.88 bits per heavy atom. The fourth-order valence-electron chi connectivity index (χ4n) is 3.78. The average Bonchev–Trinajstić information content (AvgIpc) is 2.99. The van der Waals surface area contributed by atoms with E-state index >= 15 is 0 Å². The van der Waals surface area contributed by atoms with Crippen LogP contribution in [0.5, 0.6) is 5.75 Å². The van der Waals surface area contributed by atoms with Gasteiger partial charge in [0.1, 0.15) is 10.8 Å². The van der Waals surface area contributed by atoms with Gasteiger partial charge >= 0.3 is 0 Å². The quantitative estimate of drug-likeness (QED) is 0.896. The van der Waals surface area contributed by atoms with E-state index in [2.05, 4.69) is 10.2 Å². The highest BCUT2D eigenvalue weighted by Gasteiger charge is 2.37. The van der Waals surface area contributed by atoms with E-state index in [-0.39, 0.29) is 5.91 Å². The topological polar surface area (TPSA) is 67.6 Å². The zero-order chi connectivity index (χ0) is 16.7. The second-order valence-corrected chi connectivity index (χ2v) is 7.35. The lowest BCUT2D eigenvalue weighted by molar-refractivity contribution is 0.0950. The molecule has 1 fully saturated rings. The number of fused-ring (bicyclic) bond motifs is 2. The zero-order valence-electron chi connectivity index (χ0n) is 13.7. The summed E-state index contributed by atoms with van der Waals surface area (Å²) < 4.78 is 5.34. The van der Waals surface area contributed by atoms with Crippen LogP contribution in [0.1, 0.15) is 40.2 Å². The van der Waals surface area contributed by atoms with Gasteiger partial charge in [-0.1, -0.05) is 18.2 Å². The van der Waals surface area contributed by atoms with Crippen LogP contribution < -0.4 is 20.7 Å². The third-order valence-corrected chi connectivity index (χ3v) is 6.10. The van der Waals surface area contributed by atoms with Crippen LogP contribution in [0.3, 0.4) is 0 Å². The highest BCUT2D eigenvalue weighted by atomic mass is 32.1. The number of nitrogens with two attached hydrogens (primary N) is 1. The maximum atomic E-state index is 12.8. The molecular weight excluding hydrogens is 322 g/mol. The Balaban J connectivity index is 1.58. The molecule has 0 radical (unpaired) electrons. The number of hydrogen-bond acceptors (Lipinski definition) is 5. The molecule has 1 saturated heterocycles. The van der Waals surface area contributed by atoms with Gasteiger partial charge in [0.05, 0.1) is 17.7 Å². The van der Waals surface area contributed by atoms with Crippen LogP contribution in [0.15, 0.2) is 24.3 Å². The second-order valence-electron chi connectivity index (χ2n) is 6.32. The van der Waals surface area contributed by atoms with Crippen molar-refractivity contribution in [3.8, 4) is 5.75 Å². The van der Waals surface area contributed by atoms with Crippen LogP contribution in [0.4, 0.5) is 10.0 Å². The van der Waals surface area contributed by atoms with Gasteiger partial charge in [-0.3, -0.25) is 4.79 Å². The first-order valence-electron chi connectivity index (χ1n) is 8.26. The molecule has 2 bridgehead atoms. The van der Waals surface area contributed by atoms with Crippen LogP contribution >= 0.6 is 11.3 Å². The first kappa shape index (κ1) is 15.3. The lowest BCUT2D eigenvalue weighted by atomic mass is 9.84. The summed E-state index contributed by atoms with van der Waals surface area (Å²) in [6, 6.07) is 7.72. The minimum atomic E-state index is -0.0790. The Bertz CT molecular complexity index is 779. The summed E-state index contributed by atoms with van der Waals surface area (Å²) >= 11 is 1.56. The molecule has 6 heteroatoms. The second kappa shape index (κ2) is 6.02. The van der Waals surface area contributed by atoms with Crippen molar-refractivity contribution in [3.05, 3.63) is 41.0 Å². The fourth-order valence-corrected chi connectivity index (χ4v) is 4.99. The SMILES string of the molecule is COc1ccccc1CNC(=O)c1c(N)sc2c1C1CCN2CC1. The number of carbonyl (C=O) groups is 1. The van der Waals surface area contributed by atoms with Crippen LogP contribution in [-0.2, 0) is 6.54 Å². The number of ether oxygens (including phenoxy) is 1. The van der Waals surface area contributed by atoms with E-state index < -0.39 is 0 Å². The third-order valence-electron chi connectivity index (χ3n) is 5.00. The standard InChI is InChI=1S/C18H21N3O2S/c1-23-13-5-3-2-4-12(13)10-20-17(22)15-14-11-6-8-21(9-7-11)18(14)24-16(15)19/h2-5,11H,6-10,19H2,1H3,(H,20,22). The summed E-state index contributed by atoms with van der Waals surface area (Å²) in [6.07, 6.45) is 2.24. The smallest absolute Gasteiger partial charge is 0.254 e. The lowest BCUT2D eigenvalue weighted by Gasteiger charge is -2.40. The van der Waals surface area contributed by atoms with E-state index in [1.807, 2.05) is 24.3 Å². The minimum absolute atomic E-state index is 0.0790. The number of rotatable bonds is 4. The monoisotopic (exact) mass is 343 g/mol. The molecule has 0 aliphatic carbocycles. The van der Waals surface area contributed by atoms with Gasteiger partial charge in [0.25, 0.3) is 5.91 Å². The van der Waals surface area contributed by atoms with Crippen molar-refractivity contribution in [2.24, 2.45) is 0 Å². The maximum absolute atomic E-state index is 12.8. The molecule has 0 atom stereocenters. The van der Waals surface area contributed by atoms with E-state index in [0.717, 1.165) is 37.2 Å². The highest BCUT2D eigenvalue weighted by molar-refractivity contribution is 7.20. The molecule has 3 aliphatic heterocycles. The number of nitrogens with one attached hydrogen (secondary N) is 1. The van der Waals surface area contributed by atoms with Crippen molar-refractivity contribution in [2.75, 3.05) is 30.8 Å². The van der Waals surface area contributed by atoms with E-state index in [1.165, 1.54) is 10.6 Å². The minimum Gasteiger partial charge on any atom is -0.496 e. The predicted octanol–water partition coefficient (Wildman–Crippen LogP) is 2.97. The van der Waals surface area contributed by atoms with Gasteiger partial charge in [0, 0.05) is 30.8 Å². The third kappa shape index (κ3) is 2.41. The number of benzene rings is 1. The molecule has 1 aromatic heterocycles. The molecule has 5 rings (SSSR count). The predicted molar refractivity (Wildman–Crippen MR) is 97.1 cm³/mol. The molecule has 126 valence electrons.